The Bertz CT molecular complexity index is 1250. The van der Waals surface area contributed by atoms with Crippen LogP contribution in [-0.4, -0.2) is 10.8 Å². The Morgan fingerprint density at radius 2 is 1.91 bits per heavy atom. The number of rotatable bonds is 8. The van der Waals surface area contributed by atoms with Crippen molar-refractivity contribution in [3.8, 4) is 11.8 Å². The molecule has 0 radical (unpaired) electrons. The number of carbonyl (C=O) groups excluding carboxylic acids is 1. The maximum atomic E-state index is 12.5. The van der Waals surface area contributed by atoms with Gasteiger partial charge in [-0.25, -0.2) is 0 Å². The quantitative estimate of drug-likeness (QED) is 0.193. The molecule has 8 heteroatoms. The van der Waals surface area contributed by atoms with Crippen LogP contribution in [0.5, 0.6) is 5.75 Å². The van der Waals surface area contributed by atoms with Crippen LogP contribution < -0.4 is 10.1 Å². The summed E-state index contributed by atoms with van der Waals surface area (Å²) in [5.41, 5.74) is 2.82. The zero-order valence-corrected chi connectivity index (χ0v) is 18.5. The Hall–Kier alpha value is -4.15. The standard InChI is InChI=1S/C25H20ClN3O4/c1-2-17-6-9-21(10-7-17)28-25(30)20(15-27)12-18-8-11-24(23(26)14-18)33-16-19-4-3-5-22(13-19)29(31)32/h3-14H,2,16H2,1H3,(H,28,30)/b20-12+. The molecule has 0 unspecified atom stereocenters. The molecule has 0 fully saturated rings. The number of nitrogens with one attached hydrogen (secondary N) is 1. The third-order valence-corrected chi connectivity index (χ3v) is 5.06. The third-order valence-electron chi connectivity index (χ3n) is 4.77. The first-order chi connectivity index (χ1) is 15.9. The van der Waals surface area contributed by atoms with E-state index in [9.17, 15) is 20.2 Å². The van der Waals surface area contributed by atoms with E-state index in [-0.39, 0.29) is 22.9 Å². The maximum absolute atomic E-state index is 12.5. The summed E-state index contributed by atoms with van der Waals surface area (Å²) >= 11 is 6.30. The highest BCUT2D eigenvalue weighted by atomic mass is 35.5. The second-order valence-electron chi connectivity index (χ2n) is 7.08. The Kier molecular flexibility index (Phi) is 7.79. The largest absolute Gasteiger partial charge is 0.487 e. The lowest BCUT2D eigenvalue weighted by atomic mass is 10.1. The first kappa shape index (κ1) is 23.5. The molecule has 33 heavy (non-hydrogen) atoms. The van der Waals surface area contributed by atoms with Gasteiger partial charge in [0.15, 0.2) is 0 Å². The highest BCUT2D eigenvalue weighted by Gasteiger charge is 2.11. The van der Waals surface area contributed by atoms with Gasteiger partial charge in [-0.1, -0.05) is 48.9 Å². The van der Waals surface area contributed by atoms with Crippen molar-refractivity contribution in [1.29, 1.82) is 5.26 Å². The number of hydrogen-bond acceptors (Lipinski definition) is 5. The van der Waals surface area contributed by atoms with Crippen molar-refractivity contribution >= 4 is 35.0 Å². The first-order valence-electron chi connectivity index (χ1n) is 10.1. The molecule has 0 saturated carbocycles. The van der Waals surface area contributed by atoms with Gasteiger partial charge in [-0.2, -0.15) is 5.26 Å². The third kappa shape index (κ3) is 6.42. The molecule has 7 nitrogen and oxygen atoms in total. The van der Waals surface area contributed by atoms with Gasteiger partial charge in [0.25, 0.3) is 11.6 Å². The Morgan fingerprint density at radius 1 is 1.15 bits per heavy atom. The number of non-ortho nitro benzene ring substituents is 1. The molecule has 0 aromatic heterocycles. The number of benzene rings is 3. The topological polar surface area (TPSA) is 105 Å². The number of nitro benzene ring substituents is 1. The van der Waals surface area contributed by atoms with Crippen LogP contribution in [0.15, 0.2) is 72.3 Å². The molecular weight excluding hydrogens is 442 g/mol. The monoisotopic (exact) mass is 461 g/mol. The number of hydrogen-bond donors (Lipinski definition) is 1. The minimum absolute atomic E-state index is 0.0219. The summed E-state index contributed by atoms with van der Waals surface area (Å²) in [6.45, 7) is 2.14. The molecule has 0 aliphatic rings. The van der Waals surface area contributed by atoms with E-state index in [0.29, 0.717) is 22.6 Å². The number of nitrogens with zero attached hydrogens (tertiary/aromatic N) is 2. The van der Waals surface area contributed by atoms with E-state index in [4.69, 9.17) is 16.3 Å². The zero-order chi connectivity index (χ0) is 23.8. The zero-order valence-electron chi connectivity index (χ0n) is 17.7. The summed E-state index contributed by atoms with van der Waals surface area (Å²) in [7, 11) is 0. The Morgan fingerprint density at radius 3 is 2.55 bits per heavy atom. The molecule has 3 aromatic rings. The van der Waals surface area contributed by atoms with Gasteiger partial charge in [0.05, 0.1) is 9.95 Å². The average molecular weight is 462 g/mol. The van der Waals surface area contributed by atoms with Gasteiger partial charge in [0, 0.05) is 17.8 Å². The van der Waals surface area contributed by atoms with E-state index in [1.165, 1.54) is 18.2 Å². The molecule has 1 amide bonds. The summed E-state index contributed by atoms with van der Waals surface area (Å²) in [6.07, 6.45) is 2.33. The van der Waals surface area contributed by atoms with E-state index in [0.717, 1.165) is 12.0 Å². The molecule has 1 N–H and O–H groups in total. The summed E-state index contributed by atoms with van der Waals surface area (Å²) < 4.78 is 5.67. The predicted octanol–water partition coefficient (Wildman–Crippen LogP) is 5.94. The SMILES string of the molecule is CCc1ccc(NC(=O)/C(C#N)=C/c2ccc(OCc3cccc([N+](=O)[O-])c3)c(Cl)c2)cc1. The number of aryl methyl sites for hydroxylation is 1. The lowest BCUT2D eigenvalue weighted by Crippen LogP contribution is -2.13. The molecule has 0 bridgehead atoms. The van der Waals surface area contributed by atoms with Gasteiger partial charge < -0.3 is 10.1 Å². The summed E-state index contributed by atoms with van der Waals surface area (Å²) in [5.74, 6) is -0.150. The first-order valence-corrected chi connectivity index (χ1v) is 10.4. The smallest absolute Gasteiger partial charge is 0.269 e. The van der Waals surface area contributed by atoms with Crippen LogP contribution >= 0.6 is 11.6 Å². The van der Waals surface area contributed by atoms with Gasteiger partial charge in [-0.05, 0) is 53.5 Å². The van der Waals surface area contributed by atoms with Crippen LogP contribution in [0.2, 0.25) is 5.02 Å². The van der Waals surface area contributed by atoms with Crippen LogP contribution in [0.3, 0.4) is 0 Å². The maximum Gasteiger partial charge on any atom is 0.269 e. The number of nitro groups is 1. The predicted molar refractivity (Wildman–Crippen MR) is 127 cm³/mol. The molecule has 0 heterocycles. The van der Waals surface area contributed by atoms with Crippen molar-refractivity contribution in [2.75, 3.05) is 5.32 Å². The molecule has 0 atom stereocenters. The van der Waals surface area contributed by atoms with E-state index in [1.807, 2.05) is 25.1 Å². The van der Waals surface area contributed by atoms with E-state index < -0.39 is 10.8 Å². The Labute approximate surface area is 196 Å². The molecular formula is C25H20ClN3O4. The fraction of sp³-hybridized carbons (Fsp3) is 0.120. The number of amides is 1. The van der Waals surface area contributed by atoms with Crippen LogP contribution in [0, 0.1) is 21.4 Å². The van der Waals surface area contributed by atoms with Crippen molar-refractivity contribution in [3.05, 3.63) is 104 Å². The number of anilines is 1. The molecule has 3 aromatic carbocycles. The molecule has 0 aliphatic heterocycles. The molecule has 3 rings (SSSR count). The normalized spacial score (nSPS) is 10.9. The number of ether oxygens (including phenoxy) is 1. The van der Waals surface area contributed by atoms with E-state index in [2.05, 4.69) is 5.32 Å². The van der Waals surface area contributed by atoms with Crippen molar-refractivity contribution in [2.24, 2.45) is 0 Å². The van der Waals surface area contributed by atoms with Crippen molar-refractivity contribution in [2.45, 2.75) is 20.0 Å². The van der Waals surface area contributed by atoms with Gasteiger partial charge in [-0.3, -0.25) is 14.9 Å². The van der Waals surface area contributed by atoms with Crippen molar-refractivity contribution < 1.29 is 14.5 Å². The lowest BCUT2D eigenvalue weighted by molar-refractivity contribution is -0.384. The fourth-order valence-corrected chi connectivity index (χ4v) is 3.23. The molecule has 0 spiro atoms. The van der Waals surface area contributed by atoms with Crippen LogP contribution in [0.1, 0.15) is 23.6 Å². The summed E-state index contributed by atoms with van der Waals surface area (Å²) in [5, 5.41) is 23.3. The Balaban J connectivity index is 1.69. The van der Waals surface area contributed by atoms with Gasteiger partial charge in [-0.15, -0.1) is 0 Å². The second-order valence-corrected chi connectivity index (χ2v) is 7.49. The van der Waals surface area contributed by atoms with E-state index in [1.54, 1.807) is 42.5 Å². The van der Waals surface area contributed by atoms with Crippen molar-refractivity contribution in [1.82, 2.24) is 0 Å². The minimum Gasteiger partial charge on any atom is -0.487 e. The van der Waals surface area contributed by atoms with Gasteiger partial charge in [0.2, 0.25) is 0 Å². The van der Waals surface area contributed by atoms with Crippen LogP contribution in [0.4, 0.5) is 11.4 Å². The van der Waals surface area contributed by atoms with E-state index >= 15 is 0 Å². The lowest BCUT2D eigenvalue weighted by Gasteiger charge is -2.09. The highest BCUT2D eigenvalue weighted by molar-refractivity contribution is 6.32. The van der Waals surface area contributed by atoms with Crippen molar-refractivity contribution in [3.63, 3.8) is 0 Å². The average Bonchev–Trinajstić information content (AvgIpc) is 2.82. The number of halogens is 1. The number of carbonyl (C=O) groups is 1. The number of nitriles is 1. The van der Waals surface area contributed by atoms with Gasteiger partial charge >= 0.3 is 0 Å². The molecule has 0 saturated heterocycles. The minimum atomic E-state index is -0.524. The molecule has 166 valence electrons. The van der Waals surface area contributed by atoms with Gasteiger partial charge in [0.1, 0.15) is 24.0 Å². The summed E-state index contributed by atoms with van der Waals surface area (Å²) in [6, 6.07) is 20.3. The fourth-order valence-electron chi connectivity index (χ4n) is 2.98. The second kappa shape index (κ2) is 10.9. The highest BCUT2D eigenvalue weighted by Crippen LogP contribution is 2.28. The van der Waals surface area contributed by atoms with Crippen LogP contribution in [-0.2, 0) is 17.8 Å². The molecule has 0 aliphatic carbocycles. The summed E-state index contributed by atoms with van der Waals surface area (Å²) in [4.78, 5) is 22.9. The van der Waals surface area contributed by atoms with Crippen LogP contribution in [0.25, 0.3) is 6.08 Å².